The maximum absolute atomic E-state index is 11.6. The van der Waals surface area contributed by atoms with Crippen molar-refractivity contribution in [2.24, 2.45) is 0 Å². The van der Waals surface area contributed by atoms with Crippen LogP contribution in [0, 0.1) is 0 Å². The van der Waals surface area contributed by atoms with Crippen LogP contribution in [-0.2, 0) is 4.79 Å². The first-order valence-electron chi connectivity index (χ1n) is 5.98. The average Bonchev–Trinajstić information content (AvgIpc) is 2.63. The molecule has 1 fully saturated rings. The van der Waals surface area contributed by atoms with Gasteiger partial charge in [0.25, 0.3) is 0 Å². The fourth-order valence-corrected chi connectivity index (χ4v) is 1.96. The molecule has 0 saturated carbocycles. The molecule has 1 saturated heterocycles. The zero-order valence-electron chi connectivity index (χ0n) is 10.4. The van der Waals surface area contributed by atoms with Gasteiger partial charge in [-0.15, -0.1) is 0 Å². The van der Waals surface area contributed by atoms with Crippen molar-refractivity contribution in [2.75, 3.05) is 19.7 Å². The molecule has 3 amide bonds. The summed E-state index contributed by atoms with van der Waals surface area (Å²) in [6.07, 6.45) is 1.89. The normalized spacial score (nSPS) is 20.6. The first-order valence-corrected chi connectivity index (χ1v) is 5.98. The van der Waals surface area contributed by atoms with Gasteiger partial charge < -0.3 is 10.4 Å². The van der Waals surface area contributed by atoms with Crippen LogP contribution in [0.5, 0.6) is 0 Å². The molecule has 0 spiro atoms. The van der Waals surface area contributed by atoms with Crippen molar-refractivity contribution < 1.29 is 14.7 Å². The molecule has 0 aromatic rings. The summed E-state index contributed by atoms with van der Waals surface area (Å²) in [6.45, 7) is 4.67. The molecule has 1 heterocycles. The van der Waals surface area contributed by atoms with Crippen molar-refractivity contribution in [3.05, 3.63) is 0 Å². The Hall–Kier alpha value is -1.14. The second kappa shape index (κ2) is 6.56. The average molecular weight is 243 g/mol. The molecule has 6 nitrogen and oxygen atoms in total. The molecule has 0 aliphatic carbocycles. The van der Waals surface area contributed by atoms with E-state index in [1.54, 1.807) is 0 Å². The van der Waals surface area contributed by atoms with Crippen LogP contribution in [0.15, 0.2) is 0 Å². The van der Waals surface area contributed by atoms with E-state index in [0.717, 1.165) is 19.4 Å². The summed E-state index contributed by atoms with van der Waals surface area (Å²) in [5.74, 6) is -0.330. The van der Waals surface area contributed by atoms with Crippen LogP contribution in [-0.4, -0.2) is 53.7 Å². The van der Waals surface area contributed by atoms with E-state index in [4.69, 9.17) is 5.11 Å². The van der Waals surface area contributed by atoms with Crippen LogP contribution in [0.3, 0.4) is 0 Å². The highest BCUT2D eigenvalue weighted by molar-refractivity contribution is 5.95. The van der Waals surface area contributed by atoms with Crippen molar-refractivity contribution in [3.8, 4) is 0 Å². The Morgan fingerprint density at radius 3 is 2.76 bits per heavy atom. The van der Waals surface area contributed by atoms with Crippen molar-refractivity contribution in [2.45, 2.75) is 38.8 Å². The number of aliphatic hydroxyl groups excluding tert-OH is 1. The first kappa shape index (κ1) is 13.9. The number of likely N-dealkylation sites (tertiary alicyclic amines) is 1. The second-order valence-corrected chi connectivity index (χ2v) is 4.63. The van der Waals surface area contributed by atoms with Crippen molar-refractivity contribution in [1.29, 1.82) is 0 Å². The van der Waals surface area contributed by atoms with E-state index in [1.165, 1.54) is 0 Å². The van der Waals surface area contributed by atoms with E-state index in [9.17, 15) is 9.59 Å². The van der Waals surface area contributed by atoms with Gasteiger partial charge in [-0.1, -0.05) is 0 Å². The van der Waals surface area contributed by atoms with E-state index in [0.29, 0.717) is 0 Å². The maximum Gasteiger partial charge on any atom is 0.321 e. The van der Waals surface area contributed by atoms with Crippen LogP contribution in [0.4, 0.5) is 4.79 Å². The van der Waals surface area contributed by atoms with E-state index in [1.807, 2.05) is 18.7 Å². The van der Waals surface area contributed by atoms with E-state index in [-0.39, 0.29) is 31.1 Å². The van der Waals surface area contributed by atoms with Gasteiger partial charge in [-0.2, -0.15) is 0 Å². The van der Waals surface area contributed by atoms with Gasteiger partial charge in [0.05, 0.1) is 13.2 Å². The minimum absolute atomic E-state index is 0.000207. The van der Waals surface area contributed by atoms with Gasteiger partial charge in [-0.05, 0) is 33.2 Å². The summed E-state index contributed by atoms with van der Waals surface area (Å²) in [5, 5.41) is 14.0. The molecule has 0 bridgehead atoms. The van der Waals surface area contributed by atoms with E-state index in [2.05, 4.69) is 10.6 Å². The number of urea groups is 1. The first-order chi connectivity index (χ1) is 8.02. The highest BCUT2D eigenvalue weighted by Gasteiger charge is 2.25. The largest absolute Gasteiger partial charge is 0.395 e. The topological polar surface area (TPSA) is 81.7 Å². The molecule has 1 aliphatic rings. The molecule has 0 radical (unpaired) electrons. The van der Waals surface area contributed by atoms with Crippen molar-refractivity contribution in [3.63, 3.8) is 0 Å². The number of carbonyl (C=O) groups is 2. The molecule has 1 rings (SSSR count). The lowest BCUT2D eigenvalue weighted by Gasteiger charge is -2.21. The molecule has 1 unspecified atom stereocenters. The zero-order valence-corrected chi connectivity index (χ0v) is 10.4. The van der Waals surface area contributed by atoms with Gasteiger partial charge in [0.1, 0.15) is 0 Å². The number of hydrogen-bond donors (Lipinski definition) is 3. The molecule has 1 aliphatic heterocycles. The zero-order chi connectivity index (χ0) is 12.8. The third kappa shape index (κ3) is 4.70. The SMILES string of the molecule is CC(C)NC(=O)NC(=O)CN1CCCC1CO. The standard InChI is InChI=1S/C11H21N3O3/c1-8(2)12-11(17)13-10(16)6-14-5-3-4-9(14)7-15/h8-9,15H,3-7H2,1-2H3,(H2,12,13,16,17). The van der Waals surface area contributed by atoms with Gasteiger partial charge >= 0.3 is 6.03 Å². The van der Waals surface area contributed by atoms with Gasteiger partial charge in [0.2, 0.25) is 5.91 Å². The Bertz CT molecular complexity index is 281. The molecule has 3 N–H and O–H groups in total. The predicted octanol–water partition coefficient (Wildman–Crippen LogP) is -0.323. The Kier molecular flexibility index (Phi) is 5.37. The fraction of sp³-hybridized carbons (Fsp3) is 0.818. The van der Waals surface area contributed by atoms with E-state index >= 15 is 0 Å². The number of amides is 3. The Balaban J connectivity index is 2.31. The van der Waals surface area contributed by atoms with Crippen LogP contribution in [0.1, 0.15) is 26.7 Å². The molecule has 0 aromatic heterocycles. The van der Waals surface area contributed by atoms with Crippen LogP contribution in [0.2, 0.25) is 0 Å². The Morgan fingerprint density at radius 1 is 1.47 bits per heavy atom. The fourth-order valence-electron chi connectivity index (χ4n) is 1.96. The lowest BCUT2D eigenvalue weighted by molar-refractivity contribution is -0.121. The van der Waals surface area contributed by atoms with Crippen LogP contribution in [0.25, 0.3) is 0 Å². The number of nitrogens with one attached hydrogen (secondary N) is 2. The minimum Gasteiger partial charge on any atom is -0.395 e. The lowest BCUT2D eigenvalue weighted by Crippen LogP contribution is -2.47. The smallest absolute Gasteiger partial charge is 0.321 e. The molecule has 1 atom stereocenters. The summed E-state index contributed by atoms with van der Waals surface area (Å²) >= 11 is 0. The summed E-state index contributed by atoms with van der Waals surface area (Å²) in [4.78, 5) is 24.7. The quantitative estimate of drug-likeness (QED) is 0.632. The van der Waals surface area contributed by atoms with Gasteiger partial charge in [-0.3, -0.25) is 15.0 Å². The number of hydrogen-bond acceptors (Lipinski definition) is 4. The van der Waals surface area contributed by atoms with Crippen LogP contribution >= 0.6 is 0 Å². The third-order valence-corrected chi connectivity index (χ3v) is 2.73. The van der Waals surface area contributed by atoms with Crippen molar-refractivity contribution >= 4 is 11.9 Å². The lowest BCUT2D eigenvalue weighted by atomic mass is 10.2. The maximum atomic E-state index is 11.6. The number of imide groups is 1. The van der Waals surface area contributed by atoms with Crippen LogP contribution < -0.4 is 10.6 Å². The van der Waals surface area contributed by atoms with Gasteiger partial charge in [-0.25, -0.2) is 4.79 Å². The number of rotatable bonds is 4. The van der Waals surface area contributed by atoms with E-state index < -0.39 is 6.03 Å². The Labute approximate surface area is 101 Å². The molecule has 98 valence electrons. The van der Waals surface area contributed by atoms with Crippen molar-refractivity contribution in [1.82, 2.24) is 15.5 Å². The minimum atomic E-state index is -0.468. The Morgan fingerprint density at radius 2 is 2.18 bits per heavy atom. The monoisotopic (exact) mass is 243 g/mol. The summed E-state index contributed by atoms with van der Waals surface area (Å²) < 4.78 is 0. The molecule has 6 heteroatoms. The summed E-state index contributed by atoms with van der Waals surface area (Å²) in [6, 6.07) is -0.418. The molecular weight excluding hydrogens is 222 g/mol. The van der Waals surface area contributed by atoms with Gasteiger partial charge in [0.15, 0.2) is 0 Å². The predicted molar refractivity (Wildman–Crippen MR) is 63.5 cm³/mol. The molecule has 0 aromatic carbocycles. The number of carbonyl (C=O) groups excluding carboxylic acids is 2. The molecular formula is C11H21N3O3. The number of nitrogens with zero attached hydrogens (tertiary/aromatic N) is 1. The molecule has 17 heavy (non-hydrogen) atoms. The van der Waals surface area contributed by atoms with Gasteiger partial charge in [0, 0.05) is 12.1 Å². The summed E-state index contributed by atoms with van der Waals surface area (Å²) in [7, 11) is 0. The highest BCUT2D eigenvalue weighted by Crippen LogP contribution is 2.15. The number of aliphatic hydroxyl groups is 1. The third-order valence-electron chi connectivity index (χ3n) is 2.73. The highest BCUT2D eigenvalue weighted by atomic mass is 16.3. The summed E-state index contributed by atoms with van der Waals surface area (Å²) in [5.41, 5.74) is 0. The second-order valence-electron chi connectivity index (χ2n) is 4.63.